The zero-order valence-electron chi connectivity index (χ0n) is 16.4. The SMILES string of the molecule is CC(NC1CCN(Cc2ccccc2)CC1)c1nc(Cc2ccccc2)no1. The van der Waals surface area contributed by atoms with E-state index in [1.165, 1.54) is 11.1 Å². The van der Waals surface area contributed by atoms with Gasteiger partial charge in [-0.2, -0.15) is 4.98 Å². The Morgan fingerprint density at radius 2 is 1.64 bits per heavy atom. The molecule has 1 saturated heterocycles. The third-order valence-electron chi connectivity index (χ3n) is 5.38. The first-order chi connectivity index (χ1) is 13.8. The van der Waals surface area contributed by atoms with Gasteiger partial charge in [0.05, 0.1) is 6.04 Å². The minimum atomic E-state index is 0.0719. The molecule has 1 unspecified atom stereocenters. The van der Waals surface area contributed by atoms with E-state index in [1.54, 1.807) is 0 Å². The van der Waals surface area contributed by atoms with Crippen molar-refractivity contribution < 1.29 is 4.52 Å². The largest absolute Gasteiger partial charge is 0.338 e. The molecule has 2 aromatic carbocycles. The Balaban J connectivity index is 1.25. The quantitative estimate of drug-likeness (QED) is 0.676. The highest BCUT2D eigenvalue weighted by molar-refractivity contribution is 5.18. The van der Waals surface area contributed by atoms with E-state index in [4.69, 9.17) is 4.52 Å². The fourth-order valence-corrected chi connectivity index (χ4v) is 3.82. The fourth-order valence-electron chi connectivity index (χ4n) is 3.82. The van der Waals surface area contributed by atoms with Crippen molar-refractivity contribution in [3.8, 4) is 0 Å². The first-order valence-electron chi connectivity index (χ1n) is 10.1. The number of likely N-dealkylation sites (tertiary alicyclic amines) is 1. The minimum Gasteiger partial charge on any atom is -0.338 e. The molecule has 5 heteroatoms. The molecule has 3 aromatic rings. The van der Waals surface area contributed by atoms with Crippen LogP contribution in [0.3, 0.4) is 0 Å². The molecule has 0 spiro atoms. The molecule has 0 aliphatic carbocycles. The highest BCUT2D eigenvalue weighted by Gasteiger charge is 2.23. The zero-order valence-corrected chi connectivity index (χ0v) is 16.4. The lowest BCUT2D eigenvalue weighted by molar-refractivity contribution is 0.180. The summed E-state index contributed by atoms with van der Waals surface area (Å²) in [7, 11) is 0. The Morgan fingerprint density at radius 1 is 1.00 bits per heavy atom. The number of nitrogens with zero attached hydrogens (tertiary/aromatic N) is 3. The van der Waals surface area contributed by atoms with Crippen LogP contribution in [-0.2, 0) is 13.0 Å². The number of aromatic nitrogens is 2. The van der Waals surface area contributed by atoms with Crippen molar-refractivity contribution in [3.63, 3.8) is 0 Å². The van der Waals surface area contributed by atoms with Crippen LogP contribution in [0.1, 0.15) is 48.6 Å². The molecule has 0 bridgehead atoms. The van der Waals surface area contributed by atoms with E-state index >= 15 is 0 Å². The van der Waals surface area contributed by atoms with Crippen molar-refractivity contribution in [1.82, 2.24) is 20.4 Å². The van der Waals surface area contributed by atoms with Gasteiger partial charge in [-0.25, -0.2) is 0 Å². The van der Waals surface area contributed by atoms with E-state index in [1.807, 2.05) is 18.2 Å². The van der Waals surface area contributed by atoms with E-state index in [2.05, 4.69) is 69.7 Å². The summed E-state index contributed by atoms with van der Waals surface area (Å²) in [5, 5.41) is 7.82. The average molecular weight is 377 g/mol. The van der Waals surface area contributed by atoms with Gasteiger partial charge in [0.15, 0.2) is 5.82 Å². The summed E-state index contributed by atoms with van der Waals surface area (Å²) in [6.45, 7) is 5.37. The lowest BCUT2D eigenvalue weighted by atomic mass is 10.0. The van der Waals surface area contributed by atoms with Crippen LogP contribution in [-0.4, -0.2) is 34.2 Å². The second-order valence-corrected chi connectivity index (χ2v) is 7.64. The van der Waals surface area contributed by atoms with Crippen molar-refractivity contribution in [2.75, 3.05) is 13.1 Å². The third kappa shape index (κ3) is 5.06. The van der Waals surface area contributed by atoms with Gasteiger partial charge in [0.25, 0.3) is 0 Å². The number of hydrogen-bond donors (Lipinski definition) is 1. The number of benzene rings is 2. The third-order valence-corrected chi connectivity index (χ3v) is 5.38. The van der Waals surface area contributed by atoms with Gasteiger partial charge in [-0.15, -0.1) is 0 Å². The standard InChI is InChI=1S/C23H28N4O/c1-18(23-25-22(26-28-23)16-19-8-4-2-5-9-19)24-21-12-14-27(15-13-21)17-20-10-6-3-7-11-20/h2-11,18,21,24H,12-17H2,1H3. The summed E-state index contributed by atoms with van der Waals surface area (Å²) in [6.07, 6.45) is 2.99. The molecule has 1 aromatic heterocycles. The van der Waals surface area contributed by atoms with Crippen LogP contribution in [0.25, 0.3) is 0 Å². The molecule has 1 N–H and O–H groups in total. The highest BCUT2D eigenvalue weighted by Crippen LogP contribution is 2.18. The van der Waals surface area contributed by atoms with Crippen molar-refractivity contribution in [2.45, 2.75) is 44.8 Å². The topological polar surface area (TPSA) is 54.2 Å². The molecule has 1 aliphatic heterocycles. The fraction of sp³-hybridized carbons (Fsp3) is 0.391. The molecular formula is C23H28N4O. The Kier molecular flexibility index (Phi) is 6.14. The van der Waals surface area contributed by atoms with E-state index in [-0.39, 0.29) is 6.04 Å². The molecule has 28 heavy (non-hydrogen) atoms. The zero-order chi connectivity index (χ0) is 19.2. The van der Waals surface area contributed by atoms with Crippen molar-refractivity contribution >= 4 is 0 Å². The lowest BCUT2D eigenvalue weighted by Gasteiger charge is -2.33. The van der Waals surface area contributed by atoms with Crippen molar-refractivity contribution in [3.05, 3.63) is 83.5 Å². The van der Waals surface area contributed by atoms with Crippen LogP contribution in [0.4, 0.5) is 0 Å². The predicted octanol–water partition coefficient (Wildman–Crippen LogP) is 3.98. The van der Waals surface area contributed by atoms with Crippen molar-refractivity contribution in [1.29, 1.82) is 0 Å². The Labute approximate surface area is 166 Å². The summed E-state index contributed by atoms with van der Waals surface area (Å²) in [5.74, 6) is 1.42. The summed E-state index contributed by atoms with van der Waals surface area (Å²) in [4.78, 5) is 7.12. The molecule has 2 heterocycles. The normalized spacial score (nSPS) is 16.9. The average Bonchev–Trinajstić information content (AvgIpc) is 3.20. The maximum absolute atomic E-state index is 5.51. The predicted molar refractivity (Wildman–Crippen MR) is 110 cm³/mol. The molecule has 0 radical (unpaired) electrons. The van der Waals surface area contributed by atoms with E-state index in [0.717, 1.165) is 38.3 Å². The van der Waals surface area contributed by atoms with Crippen molar-refractivity contribution in [2.24, 2.45) is 0 Å². The smallest absolute Gasteiger partial charge is 0.243 e. The van der Waals surface area contributed by atoms with Crippen LogP contribution in [0.5, 0.6) is 0 Å². The van der Waals surface area contributed by atoms with Gasteiger partial charge >= 0.3 is 0 Å². The summed E-state index contributed by atoms with van der Waals surface area (Å²) < 4.78 is 5.51. The number of rotatable bonds is 7. The maximum atomic E-state index is 5.51. The van der Waals surface area contributed by atoms with Gasteiger partial charge < -0.3 is 9.84 Å². The van der Waals surface area contributed by atoms with Crippen LogP contribution < -0.4 is 5.32 Å². The second kappa shape index (κ2) is 9.13. The maximum Gasteiger partial charge on any atom is 0.243 e. The molecule has 146 valence electrons. The lowest BCUT2D eigenvalue weighted by Crippen LogP contribution is -2.43. The van der Waals surface area contributed by atoms with Gasteiger partial charge in [-0.3, -0.25) is 4.90 Å². The van der Waals surface area contributed by atoms with Gasteiger partial charge in [0.1, 0.15) is 0 Å². The minimum absolute atomic E-state index is 0.0719. The van der Waals surface area contributed by atoms with Crippen LogP contribution in [0, 0.1) is 0 Å². The number of hydrogen-bond acceptors (Lipinski definition) is 5. The Morgan fingerprint density at radius 3 is 2.32 bits per heavy atom. The van der Waals surface area contributed by atoms with E-state index in [0.29, 0.717) is 18.4 Å². The molecule has 1 fully saturated rings. The molecule has 1 atom stereocenters. The molecular weight excluding hydrogens is 348 g/mol. The second-order valence-electron chi connectivity index (χ2n) is 7.64. The molecule has 4 rings (SSSR count). The highest BCUT2D eigenvalue weighted by atomic mass is 16.5. The van der Waals surface area contributed by atoms with Gasteiger partial charge in [0, 0.05) is 19.0 Å². The summed E-state index contributed by atoms with van der Waals surface area (Å²) in [6, 6.07) is 21.5. The Bertz CT molecular complexity index is 841. The van der Waals surface area contributed by atoms with Gasteiger partial charge in [0.2, 0.25) is 5.89 Å². The summed E-state index contributed by atoms with van der Waals surface area (Å²) in [5.41, 5.74) is 2.58. The molecule has 5 nitrogen and oxygen atoms in total. The van der Waals surface area contributed by atoms with E-state index in [9.17, 15) is 0 Å². The van der Waals surface area contributed by atoms with Gasteiger partial charge in [-0.1, -0.05) is 65.8 Å². The Hall–Kier alpha value is -2.50. The van der Waals surface area contributed by atoms with Crippen LogP contribution in [0.15, 0.2) is 65.2 Å². The molecule has 1 aliphatic rings. The first-order valence-corrected chi connectivity index (χ1v) is 10.1. The van der Waals surface area contributed by atoms with Crippen LogP contribution >= 0.6 is 0 Å². The number of piperidine rings is 1. The number of nitrogens with one attached hydrogen (secondary N) is 1. The summed E-state index contributed by atoms with van der Waals surface area (Å²) >= 11 is 0. The van der Waals surface area contributed by atoms with E-state index < -0.39 is 0 Å². The molecule has 0 saturated carbocycles. The first kappa shape index (κ1) is 18.8. The monoisotopic (exact) mass is 376 g/mol. The van der Waals surface area contributed by atoms with Gasteiger partial charge in [-0.05, 0) is 44.0 Å². The van der Waals surface area contributed by atoms with Crippen LogP contribution in [0.2, 0.25) is 0 Å². The molecule has 0 amide bonds.